The Balaban J connectivity index is 2.56. The summed E-state index contributed by atoms with van der Waals surface area (Å²) in [4.78, 5) is 3.87. The van der Waals surface area contributed by atoms with E-state index in [1.54, 1.807) is 0 Å². The minimum atomic E-state index is -0.650. The van der Waals surface area contributed by atoms with Crippen molar-refractivity contribution in [3.63, 3.8) is 0 Å². The lowest BCUT2D eigenvalue weighted by molar-refractivity contribution is 0.152. The van der Waals surface area contributed by atoms with Gasteiger partial charge in [0.05, 0.1) is 6.61 Å². The highest BCUT2D eigenvalue weighted by molar-refractivity contribution is 4.93. The van der Waals surface area contributed by atoms with Crippen LogP contribution in [0.1, 0.15) is 38.6 Å². The van der Waals surface area contributed by atoms with Crippen LogP contribution in [0.2, 0.25) is 0 Å². The molecule has 0 bridgehead atoms. The first-order chi connectivity index (χ1) is 6.27. The van der Waals surface area contributed by atoms with Crippen molar-refractivity contribution in [2.45, 2.75) is 32.8 Å². The van der Waals surface area contributed by atoms with Gasteiger partial charge in [0, 0.05) is 0 Å². The van der Waals surface area contributed by atoms with Gasteiger partial charge >= 0.3 is 6.08 Å². The van der Waals surface area contributed by atoms with Crippen molar-refractivity contribution >= 4 is 0 Å². The Morgan fingerprint density at radius 2 is 2.31 bits per heavy atom. The second-order valence-electron chi connectivity index (χ2n) is 2.66. The van der Waals surface area contributed by atoms with Crippen molar-refractivity contribution in [1.82, 2.24) is 10.1 Å². The molecule has 1 aromatic rings. The third kappa shape index (κ3) is 2.69. The fraction of sp³-hybridized carbons (Fsp3) is 0.750. The predicted octanol–water partition coefficient (Wildman–Crippen LogP) is 1.30. The Labute approximate surface area is 76.7 Å². The maximum Gasteiger partial charge on any atom is 0.417 e. The normalized spacial score (nSPS) is 12.8. The van der Waals surface area contributed by atoms with E-state index in [9.17, 15) is 5.11 Å². The van der Waals surface area contributed by atoms with E-state index in [2.05, 4.69) is 10.1 Å². The molecule has 0 amide bonds. The van der Waals surface area contributed by atoms with Crippen LogP contribution >= 0.6 is 0 Å². The summed E-state index contributed by atoms with van der Waals surface area (Å²) >= 11 is 0. The molecular formula is C8H14N2O3. The zero-order chi connectivity index (χ0) is 9.68. The Morgan fingerprint density at radius 3 is 2.92 bits per heavy atom. The molecule has 1 heterocycles. The van der Waals surface area contributed by atoms with E-state index in [1.165, 1.54) is 0 Å². The predicted molar refractivity (Wildman–Crippen MR) is 45.3 cm³/mol. The highest BCUT2D eigenvalue weighted by Gasteiger charge is 2.14. The number of hydrogen-bond donors (Lipinski definition) is 1. The van der Waals surface area contributed by atoms with E-state index >= 15 is 0 Å². The first kappa shape index (κ1) is 9.98. The molecule has 1 atom stereocenters. The monoisotopic (exact) mass is 186 g/mol. The summed E-state index contributed by atoms with van der Waals surface area (Å²) < 4.78 is 9.69. The number of aliphatic hydroxyl groups is 1. The maximum absolute atomic E-state index is 9.46. The van der Waals surface area contributed by atoms with Gasteiger partial charge in [0.1, 0.15) is 6.10 Å². The van der Waals surface area contributed by atoms with Gasteiger partial charge in [-0.25, -0.2) is 0 Å². The molecule has 1 aromatic heterocycles. The summed E-state index contributed by atoms with van der Waals surface area (Å²) in [7, 11) is 0. The molecule has 0 saturated heterocycles. The fourth-order valence-electron chi connectivity index (χ4n) is 0.940. The third-order valence-corrected chi connectivity index (χ3v) is 1.55. The van der Waals surface area contributed by atoms with Crippen molar-refractivity contribution in [2.24, 2.45) is 0 Å². The average Bonchev–Trinajstić information content (AvgIpc) is 2.54. The molecule has 74 valence electrons. The van der Waals surface area contributed by atoms with Crippen LogP contribution in [-0.2, 0) is 0 Å². The zero-order valence-corrected chi connectivity index (χ0v) is 7.86. The van der Waals surface area contributed by atoms with Crippen molar-refractivity contribution < 1.29 is 14.4 Å². The topological polar surface area (TPSA) is 68.4 Å². The molecular weight excluding hydrogens is 172 g/mol. The van der Waals surface area contributed by atoms with Crippen LogP contribution in [0.25, 0.3) is 0 Å². The van der Waals surface area contributed by atoms with Crippen LogP contribution in [0.3, 0.4) is 0 Å². The van der Waals surface area contributed by atoms with Crippen LogP contribution in [0.4, 0.5) is 0 Å². The third-order valence-electron chi connectivity index (χ3n) is 1.55. The lowest BCUT2D eigenvalue weighted by Crippen LogP contribution is -1.99. The Bertz CT molecular complexity index is 249. The molecule has 0 aliphatic heterocycles. The summed E-state index contributed by atoms with van der Waals surface area (Å²) in [6.07, 6.45) is 0.973. The zero-order valence-electron chi connectivity index (χ0n) is 7.86. The Hall–Kier alpha value is -1.10. The van der Waals surface area contributed by atoms with E-state index in [4.69, 9.17) is 9.26 Å². The lowest BCUT2D eigenvalue weighted by atomic mass is 10.2. The maximum atomic E-state index is 9.46. The molecule has 0 saturated carbocycles. The van der Waals surface area contributed by atoms with Crippen LogP contribution in [0, 0.1) is 0 Å². The second-order valence-corrected chi connectivity index (χ2v) is 2.66. The number of nitrogens with zero attached hydrogens (tertiary/aromatic N) is 2. The highest BCUT2D eigenvalue weighted by Crippen LogP contribution is 2.17. The summed E-state index contributed by atoms with van der Waals surface area (Å²) in [5.74, 6) is 0.297. The average molecular weight is 186 g/mol. The summed E-state index contributed by atoms with van der Waals surface area (Å²) in [5.41, 5.74) is 0. The first-order valence-corrected chi connectivity index (χ1v) is 4.42. The number of aromatic nitrogens is 2. The lowest BCUT2D eigenvalue weighted by Gasteiger charge is -2.00. The highest BCUT2D eigenvalue weighted by atomic mass is 16.6. The van der Waals surface area contributed by atoms with E-state index in [-0.39, 0.29) is 6.08 Å². The van der Waals surface area contributed by atoms with Crippen LogP contribution < -0.4 is 4.74 Å². The standard InChI is InChI=1S/C8H14N2O3/c1-3-5-6(11)7-9-8(12-4-2)13-10-7/h6,11H,3-5H2,1-2H3. The second kappa shape index (κ2) is 4.81. The number of ether oxygens (including phenoxy) is 1. The van der Waals surface area contributed by atoms with Crippen LogP contribution in [0.15, 0.2) is 4.52 Å². The first-order valence-electron chi connectivity index (χ1n) is 4.42. The van der Waals surface area contributed by atoms with E-state index in [0.29, 0.717) is 18.9 Å². The van der Waals surface area contributed by atoms with Gasteiger partial charge in [-0.15, -0.1) is 0 Å². The Kier molecular flexibility index (Phi) is 3.70. The molecule has 1 N–H and O–H groups in total. The quantitative estimate of drug-likeness (QED) is 0.750. The number of aliphatic hydroxyl groups excluding tert-OH is 1. The summed E-state index contributed by atoms with van der Waals surface area (Å²) in [5, 5.41) is 13.1. The molecule has 0 fully saturated rings. The van der Waals surface area contributed by atoms with Crippen LogP contribution in [0.5, 0.6) is 6.08 Å². The van der Waals surface area contributed by atoms with Gasteiger partial charge in [0.15, 0.2) is 0 Å². The molecule has 13 heavy (non-hydrogen) atoms. The van der Waals surface area contributed by atoms with Crippen molar-refractivity contribution in [3.8, 4) is 6.08 Å². The van der Waals surface area contributed by atoms with Gasteiger partial charge < -0.3 is 9.84 Å². The molecule has 0 aliphatic carbocycles. The SMILES string of the molecule is CCCC(O)c1noc(OCC)n1. The molecule has 0 radical (unpaired) electrons. The van der Waals surface area contributed by atoms with Crippen molar-refractivity contribution in [1.29, 1.82) is 0 Å². The molecule has 0 aromatic carbocycles. The summed E-state index contributed by atoms with van der Waals surface area (Å²) in [6.45, 7) is 4.28. The number of hydrogen-bond acceptors (Lipinski definition) is 5. The van der Waals surface area contributed by atoms with Gasteiger partial charge in [0.2, 0.25) is 5.82 Å². The minimum absolute atomic E-state index is 0.118. The van der Waals surface area contributed by atoms with Crippen LogP contribution in [-0.4, -0.2) is 21.9 Å². The Morgan fingerprint density at radius 1 is 1.54 bits per heavy atom. The molecule has 5 nitrogen and oxygen atoms in total. The smallest absolute Gasteiger partial charge is 0.417 e. The van der Waals surface area contributed by atoms with Gasteiger partial charge in [0.25, 0.3) is 0 Å². The van der Waals surface area contributed by atoms with Gasteiger partial charge in [-0.2, -0.15) is 4.98 Å². The molecule has 1 unspecified atom stereocenters. The number of rotatable bonds is 5. The minimum Gasteiger partial charge on any atom is -0.449 e. The molecule has 0 aliphatic rings. The van der Waals surface area contributed by atoms with Gasteiger partial charge in [-0.1, -0.05) is 18.5 Å². The largest absolute Gasteiger partial charge is 0.449 e. The van der Waals surface area contributed by atoms with E-state index in [0.717, 1.165) is 6.42 Å². The van der Waals surface area contributed by atoms with Crippen molar-refractivity contribution in [3.05, 3.63) is 5.82 Å². The van der Waals surface area contributed by atoms with Crippen molar-refractivity contribution in [2.75, 3.05) is 6.61 Å². The fourth-order valence-corrected chi connectivity index (χ4v) is 0.940. The van der Waals surface area contributed by atoms with Gasteiger partial charge in [-0.05, 0) is 13.3 Å². The van der Waals surface area contributed by atoms with E-state index in [1.807, 2.05) is 13.8 Å². The van der Waals surface area contributed by atoms with E-state index < -0.39 is 6.10 Å². The van der Waals surface area contributed by atoms with Gasteiger partial charge in [-0.3, -0.25) is 4.52 Å². The molecule has 5 heteroatoms. The summed E-state index contributed by atoms with van der Waals surface area (Å²) in [6, 6.07) is 0. The molecule has 1 rings (SSSR count). The molecule has 0 spiro atoms.